The SMILES string of the molecule is CCCNC(C)CCn1c2ccccc2c2ccccc21. The fraction of sp³-hybridized carbons (Fsp3) is 0.368. The molecule has 110 valence electrons. The molecule has 2 nitrogen and oxygen atoms in total. The number of hydrogen-bond acceptors (Lipinski definition) is 1. The minimum absolute atomic E-state index is 0.560. The Labute approximate surface area is 126 Å². The van der Waals surface area contributed by atoms with Gasteiger partial charge in [0.05, 0.1) is 0 Å². The molecule has 3 aromatic rings. The van der Waals surface area contributed by atoms with Crippen molar-refractivity contribution in [1.29, 1.82) is 0 Å². The second kappa shape index (κ2) is 6.31. The lowest BCUT2D eigenvalue weighted by Crippen LogP contribution is -2.27. The first-order valence-corrected chi connectivity index (χ1v) is 8.00. The van der Waals surface area contributed by atoms with E-state index in [-0.39, 0.29) is 0 Å². The molecule has 1 heterocycles. The zero-order valence-electron chi connectivity index (χ0n) is 13.0. The number of rotatable bonds is 6. The van der Waals surface area contributed by atoms with E-state index in [0.717, 1.165) is 19.5 Å². The summed E-state index contributed by atoms with van der Waals surface area (Å²) in [6.07, 6.45) is 2.35. The molecule has 0 spiro atoms. The molecule has 0 aliphatic rings. The van der Waals surface area contributed by atoms with Crippen molar-refractivity contribution in [2.45, 2.75) is 39.3 Å². The van der Waals surface area contributed by atoms with Crippen LogP contribution in [0.25, 0.3) is 21.8 Å². The van der Waals surface area contributed by atoms with Gasteiger partial charge in [0.25, 0.3) is 0 Å². The van der Waals surface area contributed by atoms with Crippen molar-refractivity contribution in [3.63, 3.8) is 0 Å². The molecule has 0 radical (unpaired) electrons. The lowest BCUT2D eigenvalue weighted by atomic mass is 10.2. The molecule has 0 saturated carbocycles. The van der Waals surface area contributed by atoms with Gasteiger partial charge in [0.1, 0.15) is 0 Å². The Kier molecular flexibility index (Phi) is 4.26. The summed E-state index contributed by atoms with van der Waals surface area (Å²) < 4.78 is 2.47. The van der Waals surface area contributed by atoms with Crippen molar-refractivity contribution in [2.75, 3.05) is 6.54 Å². The Morgan fingerprint density at radius 2 is 1.52 bits per heavy atom. The van der Waals surface area contributed by atoms with E-state index >= 15 is 0 Å². The largest absolute Gasteiger partial charge is 0.340 e. The molecule has 1 unspecified atom stereocenters. The highest BCUT2D eigenvalue weighted by molar-refractivity contribution is 6.07. The average molecular weight is 280 g/mol. The quantitative estimate of drug-likeness (QED) is 0.699. The Morgan fingerprint density at radius 1 is 0.952 bits per heavy atom. The van der Waals surface area contributed by atoms with Gasteiger partial charge in [0, 0.05) is 34.4 Å². The molecule has 0 amide bonds. The number of hydrogen-bond donors (Lipinski definition) is 1. The van der Waals surface area contributed by atoms with Crippen LogP contribution in [0.4, 0.5) is 0 Å². The number of aromatic nitrogens is 1. The minimum atomic E-state index is 0.560. The van der Waals surface area contributed by atoms with Crippen LogP contribution in [-0.2, 0) is 6.54 Å². The molecule has 3 rings (SSSR count). The molecule has 0 aliphatic heterocycles. The molecule has 1 N–H and O–H groups in total. The highest BCUT2D eigenvalue weighted by Gasteiger charge is 2.10. The standard InChI is InChI=1S/C19H24N2/c1-3-13-20-15(2)12-14-21-18-10-6-4-8-16(18)17-9-5-7-11-19(17)21/h4-11,15,20H,3,12-14H2,1-2H3. The van der Waals surface area contributed by atoms with Crippen LogP contribution < -0.4 is 5.32 Å². The fourth-order valence-corrected chi connectivity index (χ4v) is 3.06. The second-order valence-corrected chi connectivity index (χ2v) is 5.83. The maximum absolute atomic E-state index is 3.58. The van der Waals surface area contributed by atoms with Gasteiger partial charge in [0.15, 0.2) is 0 Å². The van der Waals surface area contributed by atoms with E-state index in [1.807, 2.05) is 0 Å². The van der Waals surface area contributed by atoms with Crippen LogP contribution in [-0.4, -0.2) is 17.2 Å². The number of para-hydroxylation sites is 2. The van der Waals surface area contributed by atoms with Gasteiger partial charge in [-0.3, -0.25) is 0 Å². The molecule has 0 aliphatic carbocycles. The fourth-order valence-electron chi connectivity index (χ4n) is 3.06. The first-order chi connectivity index (χ1) is 10.3. The van der Waals surface area contributed by atoms with Gasteiger partial charge in [-0.1, -0.05) is 43.3 Å². The van der Waals surface area contributed by atoms with Gasteiger partial charge in [-0.05, 0) is 38.4 Å². The van der Waals surface area contributed by atoms with E-state index in [1.54, 1.807) is 0 Å². The molecule has 1 atom stereocenters. The third kappa shape index (κ3) is 2.81. The maximum atomic E-state index is 3.58. The maximum Gasteiger partial charge on any atom is 0.0491 e. The van der Waals surface area contributed by atoms with Crippen LogP contribution >= 0.6 is 0 Å². The lowest BCUT2D eigenvalue weighted by Gasteiger charge is -2.14. The summed E-state index contributed by atoms with van der Waals surface area (Å²) in [6.45, 7) is 6.66. The van der Waals surface area contributed by atoms with Gasteiger partial charge < -0.3 is 9.88 Å². The van der Waals surface area contributed by atoms with Gasteiger partial charge >= 0.3 is 0 Å². The zero-order chi connectivity index (χ0) is 14.7. The van der Waals surface area contributed by atoms with Gasteiger partial charge in [-0.15, -0.1) is 0 Å². The van der Waals surface area contributed by atoms with Crippen LogP contribution in [0.3, 0.4) is 0 Å². The Morgan fingerprint density at radius 3 is 2.10 bits per heavy atom. The van der Waals surface area contributed by atoms with Crippen molar-refractivity contribution in [3.8, 4) is 0 Å². The number of aryl methyl sites for hydroxylation is 1. The van der Waals surface area contributed by atoms with E-state index < -0.39 is 0 Å². The first-order valence-electron chi connectivity index (χ1n) is 8.00. The summed E-state index contributed by atoms with van der Waals surface area (Å²) in [4.78, 5) is 0. The Hall–Kier alpha value is -1.80. The highest BCUT2D eigenvalue weighted by atomic mass is 15.0. The molecule has 0 fully saturated rings. The summed E-state index contributed by atoms with van der Waals surface area (Å²) in [5.41, 5.74) is 2.70. The van der Waals surface area contributed by atoms with E-state index in [1.165, 1.54) is 28.2 Å². The normalized spacial score (nSPS) is 13.0. The highest BCUT2D eigenvalue weighted by Crippen LogP contribution is 2.28. The summed E-state index contributed by atoms with van der Waals surface area (Å²) in [5.74, 6) is 0. The lowest BCUT2D eigenvalue weighted by molar-refractivity contribution is 0.484. The Balaban J connectivity index is 1.92. The molecule has 1 aromatic heterocycles. The van der Waals surface area contributed by atoms with Crippen LogP contribution in [0, 0.1) is 0 Å². The number of nitrogens with zero attached hydrogens (tertiary/aromatic N) is 1. The smallest absolute Gasteiger partial charge is 0.0491 e. The topological polar surface area (TPSA) is 17.0 Å². The number of fused-ring (bicyclic) bond motifs is 3. The van der Waals surface area contributed by atoms with Crippen LogP contribution in [0.15, 0.2) is 48.5 Å². The molecule has 21 heavy (non-hydrogen) atoms. The summed E-state index contributed by atoms with van der Waals surface area (Å²) in [5, 5.41) is 6.30. The second-order valence-electron chi connectivity index (χ2n) is 5.83. The average Bonchev–Trinajstić information content (AvgIpc) is 2.85. The van der Waals surface area contributed by atoms with Gasteiger partial charge in [-0.25, -0.2) is 0 Å². The zero-order valence-corrected chi connectivity index (χ0v) is 13.0. The molecule has 0 bridgehead atoms. The molecule has 0 saturated heterocycles. The summed E-state index contributed by atoms with van der Waals surface area (Å²) in [7, 11) is 0. The third-order valence-electron chi connectivity index (χ3n) is 4.21. The third-order valence-corrected chi connectivity index (χ3v) is 4.21. The van der Waals surface area contributed by atoms with Crippen molar-refractivity contribution in [1.82, 2.24) is 9.88 Å². The van der Waals surface area contributed by atoms with Crippen LogP contribution in [0.1, 0.15) is 26.7 Å². The van der Waals surface area contributed by atoms with Gasteiger partial charge in [-0.2, -0.15) is 0 Å². The van der Waals surface area contributed by atoms with Crippen molar-refractivity contribution in [3.05, 3.63) is 48.5 Å². The predicted octanol–water partition coefficient (Wildman–Crippen LogP) is 4.57. The van der Waals surface area contributed by atoms with E-state index in [9.17, 15) is 0 Å². The molecular formula is C19H24N2. The molecule has 2 heteroatoms. The first kappa shape index (κ1) is 14.2. The van der Waals surface area contributed by atoms with Crippen molar-refractivity contribution < 1.29 is 0 Å². The molecule has 2 aromatic carbocycles. The number of benzene rings is 2. The van der Waals surface area contributed by atoms with Gasteiger partial charge in [0.2, 0.25) is 0 Å². The molecular weight excluding hydrogens is 256 g/mol. The van der Waals surface area contributed by atoms with Crippen molar-refractivity contribution >= 4 is 21.8 Å². The van der Waals surface area contributed by atoms with Crippen LogP contribution in [0.2, 0.25) is 0 Å². The van der Waals surface area contributed by atoms with E-state index in [4.69, 9.17) is 0 Å². The summed E-state index contributed by atoms with van der Waals surface area (Å²) >= 11 is 0. The Bertz CT molecular complexity index is 673. The van der Waals surface area contributed by atoms with Crippen molar-refractivity contribution in [2.24, 2.45) is 0 Å². The number of nitrogens with one attached hydrogen (secondary N) is 1. The van der Waals surface area contributed by atoms with Crippen LogP contribution in [0.5, 0.6) is 0 Å². The van der Waals surface area contributed by atoms with E-state index in [2.05, 4.69) is 72.3 Å². The predicted molar refractivity (Wildman–Crippen MR) is 91.8 cm³/mol. The summed E-state index contributed by atoms with van der Waals surface area (Å²) in [6, 6.07) is 18.0. The van der Waals surface area contributed by atoms with E-state index in [0.29, 0.717) is 6.04 Å². The minimum Gasteiger partial charge on any atom is -0.340 e. The monoisotopic (exact) mass is 280 g/mol.